The molecule has 3 heterocycles. The van der Waals surface area contributed by atoms with Crippen LogP contribution in [0.3, 0.4) is 0 Å². The molecule has 3 aromatic rings. The lowest BCUT2D eigenvalue weighted by molar-refractivity contribution is -0.0351. The third kappa shape index (κ3) is 5.66. The van der Waals surface area contributed by atoms with E-state index in [1.807, 2.05) is 31.4 Å². The van der Waals surface area contributed by atoms with Crippen molar-refractivity contribution in [3.05, 3.63) is 82.4 Å². The number of aromatic nitrogens is 3. The van der Waals surface area contributed by atoms with Crippen molar-refractivity contribution in [3.8, 4) is 0 Å². The Balaban J connectivity index is 1.44. The van der Waals surface area contributed by atoms with Crippen molar-refractivity contribution in [1.82, 2.24) is 19.9 Å². The number of morpholine rings is 1. The molecule has 0 aliphatic carbocycles. The van der Waals surface area contributed by atoms with Crippen LogP contribution in [0.5, 0.6) is 0 Å². The summed E-state index contributed by atoms with van der Waals surface area (Å²) >= 11 is 0. The predicted octanol–water partition coefficient (Wildman–Crippen LogP) is 3.72. The number of anilines is 1. The first-order chi connectivity index (χ1) is 15.0. The highest BCUT2D eigenvalue weighted by atomic mass is 16.5. The van der Waals surface area contributed by atoms with Crippen molar-refractivity contribution >= 4 is 5.95 Å². The molecule has 0 N–H and O–H groups in total. The minimum Gasteiger partial charge on any atom is -0.369 e. The largest absolute Gasteiger partial charge is 0.369 e. The van der Waals surface area contributed by atoms with Gasteiger partial charge in [-0.1, -0.05) is 29.8 Å². The van der Waals surface area contributed by atoms with E-state index in [0.29, 0.717) is 6.61 Å². The number of pyridine rings is 1. The standard InChI is InChI=1S/C25H31N5O/c1-18-5-7-20(8-6-18)12-21-11-19(2)28-23(13-21)24-17-30(9-10-31-24)16-22-14-26-25(27-15-22)29(3)4/h5-8,11,13-15,24H,9-10,12,16-17H2,1-4H3. The van der Waals surface area contributed by atoms with Crippen LogP contribution in [0.4, 0.5) is 5.95 Å². The van der Waals surface area contributed by atoms with E-state index in [1.165, 1.54) is 16.7 Å². The molecule has 1 saturated heterocycles. The lowest BCUT2D eigenvalue weighted by Gasteiger charge is -2.32. The van der Waals surface area contributed by atoms with Gasteiger partial charge in [-0.15, -0.1) is 0 Å². The van der Waals surface area contributed by atoms with Crippen molar-refractivity contribution in [1.29, 1.82) is 0 Å². The normalized spacial score (nSPS) is 17.0. The Bertz CT molecular complexity index is 1000. The molecule has 1 aliphatic heterocycles. The monoisotopic (exact) mass is 417 g/mol. The van der Waals surface area contributed by atoms with E-state index in [1.54, 1.807) is 0 Å². The summed E-state index contributed by atoms with van der Waals surface area (Å²) in [5.41, 5.74) is 7.05. The van der Waals surface area contributed by atoms with Crippen LogP contribution in [0.25, 0.3) is 0 Å². The van der Waals surface area contributed by atoms with E-state index in [2.05, 4.69) is 65.1 Å². The maximum absolute atomic E-state index is 6.12. The minimum atomic E-state index is -0.0209. The molecule has 6 heteroatoms. The fourth-order valence-electron chi connectivity index (χ4n) is 3.92. The summed E-state index contributed by atoms with van der Waals surface area (Å²) in [6.07, 6.45) is 4.71. The van der Waals surface area contributed by atoms with Gasteiger partial charge in [-0.25, -0.2) is 9.97 Å². The molecule has 0 radical (unpaired) electrons. The second-order valence-corrected chi connectivity index (χ2v) is 8.58. The SMILES string of the molecule is Cc1ccc(Cc2cc(C)nc(C3CN(Cc4cnc(N(C)C)nc4)CCO3)c2)cc1. The van der Waals surface area contributed by atoms with Gasteiger partial charge in [0.05, 0.1) is 12.3 Å². The van der Waals surface area contributed by atoms with Crippen molar-refractivity contribution in [2.75, 3.05) is 38.7 Å². The smallest absolute Gasteiger partial charge is 0.224 e. The van der Waals surface area contributed by atoms with Gasteiger partial charge in [-0.05, 0) is 43.5 Å². The third-order valence-corrected chi connectivity index (χ3v) is 5.54. The average molecular weight is 418 g/mol. The molecule has 0 spiro atoms. The van der Waals surface area contributed by atoms with E-state index >= 15 is 0 Å². The predicted molar refractivity (Wildman–Crippen MR) is 123 cm³/mol. The molecule has 0 bridgehead atoms. The fraction of sp³-hybridized carbons (Fsp3) is 0.400. The van der Waals surface area contributed by atoms with Crippen LogP contribution >= 0.6 is 0 Å². The molecule has 2 aromatic heterocycles. The van der Waals surface area contributed by atoms with Gasteiger partial charge in [0, 0.05) is 57.4 Å². The average Bonchev–Trinajstić information content (AvgIpc) is 2.75. The van der Waals surface area contributed by atoms with Crippen molar-refractivity contribution < 1.29 is 4.74 Å². The Hall–Kier alpha value is -2.83. The number of aryl methyl sites for hydroxylation is 2. The van der Waals surface area contributed by atoms with Crippen LogP contribution in [0.15, 0.2) is 48.8 Å². The topological polar surface area (TPSA) is 54.4 Å². The lowest BCUT2D eigenvalue weighted by atomic mass is 10.0. The molecule has 0 amide bonds. The van der Waals surface area contributed by atoms with Gasteiger partial charge in [0.1, 0.15) is 6.10 Å². The van der Waals surface area contributed by atoms with E-state index in [4.69, 9.17) is 9.72 Å². The second-order valence-electron chi connectivity index (χ2n) is 8.58. The van der Waals surface area contributed by atoms with Gasteiger partial charge in [0.25, 0.3) is 0 Å². The summed E-state index contributed by atoms with van der Waals surface area (Å²) in [4.78, 5) is 18.0. The van der Waals surface area contributed by atoms with Gasteiger partial charge in [0.2, 0.25) is 5.95 Å². The first-order valence-electron chi connectivity index (χ1n) is 10.8. The zero-order valence-corrected chi connectivity index (χ0v) is 18.9. The highest BCUT2D eigenvalue weighted by Crippen LogP contribution is 2.24. The van der Waals surface area contributed by atoms with Crippen LogP contribution in [0.2, 0.25) is 0 Å². The number of rotatable bonds is 6. The molecule has 1 unspecified atom stereocenters. The fourth-order valence-corrected chi connectivity index (χ4v) is 3.92. The van der Waals surface area contributed by atoms with Gasteiger partial charge in [-0.2, -0.15) is 0 Å². The molecule has 0 saturated carbocycles. The summed E-state index contributed by atoms with van der Waals surface area (Å²) < 4.78 is 6.12. The number of ether oxygens (including phenoxy) is 1. The zero-order valence-electron chi connectivity index (χ0n) is 18.9. The quantitative estimate of drug-likeness (QED) is 0.609. The van der Waals surface area contributed by atoms with E-state index < -0.39 is 0 Å². The Kier molecular flexibility index (Phi) is 6.59. The van der Waals surface area contributed by atoms with Crippen molar-refractivity contribution in [2.45, 2.75) is 32.9 Å². The lowest BCUT2D eigenvalue weighted by Crippen LogP contribution is -2.38. The van der Waals surface area contributed by atoms with Crippen LogP contribution < -0.4 is 4.90 Å². The van der Waals surface area contributed by atoms with Crippen LogP contribution in [-0.4, -0.2) is 53.6 Å². The van der Waals surface area contributed by atoms with Crippen molar-refractivity contribution in [3.63, 3.8) is 0 Å². The van der Waals surface area contributed by atoms with Gasteiger partial charge < -0.3 is 9.64 Å². The van der Waals surface area contributed by atoms with Crippen LogP contribution in [-0.2, 0) is 17.7 Å². The first-order valence-corrected chi connectivity index (χ1v) is 10.8. The summed E-state index contributed by atoms with van der Waals surface area (Å²) in [6, 6.07) is 13.1. The van der Waals surface area contributed by atoms with Crippen molar-refractivity contribution in [2.24, 2.45) is 0 Å². The van der Waals surface area contributed by atoms with E-state index in [0.717, 1.165) is 49.0 Å². The molecular formula is C25H31N5O. The van der Waals surface area contributed by atoms with Gasteiger partial charge >= 0.3 is 0 Å². The Morgan fingerprint density at radius 1 is 1.00 bits per heavy atom. The highest BCUT2D eigenvalue weighted by Gasteiger charge is 2.24. The first kappa shape index (κ1) is 21.4. The summed E-state index contributed by atoms with van der Waals surface area (Å²) in [7, 11) is 3.90. The molecule has 6 nitrogen and oxygen atoms in total. The summed E-state index contributed by atoms with van der Waals surface area (Å²) in [6.45, 7) is 7.41. The number of hydrogen-bond acceptors (Lipinski definition) is 6. The third-order valence-electron chi connectivity index (χ3n) is 5.54. The highest BCUT2D eigenvalue weighted by molar-refractivity contribution is 5.31. The zero-order chi connectivity index (χ0) is 21.8. The molecule has 31 heavy (non-hydrogen) atoms. The Labute approximate surface area is 184 Å². The van der Waals surface area contributed by atoms with E-state index in [-0.39, 0.29) is 6.10 Å². The Morgan fingerprint density at radius 2 is 1.74 bits per heavy atom. The summed E-state index contributed by atoms with van der Waals surface area (Å²) in [5.74, 6) is 0.730. The van der Waals surface area contributed by atoms with E-state index in [9.17, 15) is 0 Å². The number of benzene rings is 1. The van der Waals surface area contributed by atoms with Crippen LogP contribution in [0, 0.1) is 13.8 Å². The van der Waals surface area contributed by atoms with Gasteiger partial charge in [0.15, 0.2) is 0 Å². The molecule has 1 atom stereocenters. The molecule has 1 aliphatic rings. The maximum Gasteiger partial charge on any atom is 0.224 e. The van der Waals surface area contributed by atoms with Gasteiger partial charge in [-0.3, -0.25) is 9.88 Å². The minimum absolute atomic E-state index is 0.0209. The number of hydrogen-bond donors (Lipinski definition) is 0. The Morgan fingerprint density at radius 3 is 2.45 bits per heavy atom. The molecule has 4 rings (SSSR count). The van der Waals surface area contributed by atoms with Crippen LogP contribution in [0.1, 0.15) is 39.7 Å². The molecule has 1 aromatic carbocycles. The second kappa shape index (κ2) is 9.54. The number of nitrogens with zero attached hydrogens (tertiary/aromatic N) is 5. The molecule has 162 valence electrons. The maximum atomic E-state index is 6.12. The molecular weight excluding hydrogens is 386 g/mol. The molecule has 1 fully saturated rings. The summed E-state index contributed by atoms with van der Waals surface area (Å²) in [5, 5.41) is 0.